The third kappa shape index (κ3) is 13.4. The Balaban J connectivity index is 3.15. The molecule has 0 bridgehead atoms. The van der Waals surface area contributed by atoms with Crippen LogP contribution in [-0.2, 0) is 14.3 Å². The van der Waals surface area contributed by atoms with Crippen molar-refractivity contribution in [1.29, 1.82) is 0 Å². The van der Waals surface area contributed by atoms with Crippen LogP contribution < -0.4 is 11.1 Å². The Labute approximate surface area is 110 Å². The van der Waals surface area contributed by atoms with E-state index >= 15 is 0 Å². The average molecular weight is 260 g/mol. The number of nitrogens with one attached hydrogen (secondary N) is 1. The number of carbonyl (C=O) groups is 1. The van der Waals surface area contributed by atoms with Gasteiger partial charge in [0.25, 0.3) is 0 Å². The summed E-state index contributed by atoms with van der Waals surface area (Å²) in [6.07, 6.45) is 4.26. The van der Waals surface area contributed by atoms with Crippen LogP contribution in [0.5, 0.6) is 0 Å². The zero-order valence-corrected chi connectivity index (χ0v) is 11.7. The van der Waals surface area contributed by atoms with E-state index in [1.807, 2.05) is 6.92 Å². The Morgan fingerprint density at radius 1 is 1.22 bits per heavy atom. The van der Waals surface area contributed by atoms with Gasteiger partial charge >= 0.3 is 0 Å². The highest BCUT2D eigenvalue weighted by Gasteiger charge is 2.01. The standard InChI is InChI=1S/C13H28N2O3/c1-12(14)6-5-7-13(16)15-8-3-4-9-18-11-10-17-2/h12H,3-11,14H2,1-2H3,(H,15,16). The molecule has 5 heteroatoms. The van der Waals surface area contributed by atoms with Crippen LogP contribution in [0.3, 0.4) is 0 Å². The quantitative estimate of drug-likeness (QED) is 0.515. The van der Waals surface area contributed by atoms with E-state index in [9.17, 15) is 4.79 Å². The van der Waals surface area contributed by atoms with Gasteiger partial charge in [-0.15, -0.1) is 0 Å². The molecule has 0 aromatic heterocycles. The molecule has 0 aromatic carbocycles. The molecule has 3 N–H and O–H groups in total. The van der Waals surface area contributed by atoms with Crippen LogP contribution in [0, 0.1) is 0 Å². The minimum Gasteiger partial charge on any atom is -0.382 e. The number of amides is 1. The summed E-state index contributed by atoms with van der Waals surface area (Å²) in [4.78, 5) is 11.4. The fourth-order valence-corrected chi connectivity index (χ4v) is 1.47. The first-order valence-corrected chi connectivity index (χ1v) is 6.75. The lowest BCUT2D eigenvalue weighted by Gasteiger charge is -2.07. The predicted octanol–water partition coefficient (Wildman–Crippen LogP) is 1.06. The van der Waals surface area contributed by atoms with E-state index < -0.39 is 0 Å². The minimum absolute atomic E-state index is 0.121. The summed E-state index contributed by atoms with van der Waals surface area (Å²) in [6, 6.07) is 0.182. The van der Waals surface area contributed by atoms with Gasteiger partial charge in [-0.2, -0.15) is 0 Å². The summed E-state index contributed by atoms with van der Waals surface area (Å²) in [7, 11) is 1.66. The first-order valence-electron chi connectivity index (χ1n) is 6.75. The molecule has 0 heterocycles. The van der Waals surface area contributed by atoms with Gasteiger partial charge in [-0.1, -0.05) is 0 Å². The third-order valence-corrected chi connectivity index (χ3v) is 2.53. The number of unbranched alkanes of at least 4 members (excludes halogenated alkanes) is 1. The smallest absolute Gasteiger partial charge is 0.219 e. The van der Waals surface area contributed by atoms with Crippen molar-refractivity contribution in [3.8, 4) is 0 Å². The zero-order chi connectivity index (χ0) is 13.6. The molecule has 0 aliphatic carbocycles. The molecule has 108 valence electrons. The van der Waals surface area contributed by atoms with Crippen LogP contribution in [0.1, 0.15) is 39.0 Å². The summed E-state index contributed by atoms with van der Waals surface area (Å²) in [5.41, 5.74) is 5.61. The number of rotatable bonds is 12. The monoisotopic (exact) mass is 260 g/mol. The van der Waals surface area contributed by atoms with Crippen LogP contribution in [0.4, 0.5) is 0 Å². The fourth-order valence-electron chi connectivity index (χ4n) is 1.47. The Kier molecular flexibility index (Phi) is 12.3. The van der Waals surface area contributed by atoms with Gasteiger partial charge in [0.15, 0.2) is 0 Å². The second-order valence-corrected chi connectivity index (χ2v) is 4.53. The van der Waals surface area contributed by atoms with E-state index in [0.717, 1.165) is 38.8 Å². The minimum atomic E-state index is 0.121. The van der Waals surface area contributed by atoms with Crippen molar-refractivity contribution in [1.82, 2.24) is 5.32 Å². The third-order valence-electron chi connectivity index (χ3n) is 2.53. The summed E-state index contributed by atoms with van der Waals surface area (Å²) in [6.45, 7) is 4.69. The van der Waals surface area contributed by atoms with E-state index in [2.05, 4.69) is 5.32 Å². The van der Waals surface area contributed by atoms with Gasteiger partial charge in [-0.25, -0.2) is 0 Å². The molecule has 0 rings (SSSR count). The molecule has 0 aliphatic rings. The van der Waals surface area contributed by atoms with Crippen molar-refractivity contribution in [2.75, 3.05) is 33.5 Å². The van der Waals surface area contributed by atoms with Gasteiger partial charge < -0.3 is 20.5 Å². The van der Waals surface area contributed by atoms with Crippen LogP contribution in [0.2, 0.25) is 0 Å². The van der Waals surface area contributed by atoms with E-state index in [0.29, 0.717) is 19.6 Å². The number of ether oxygens (including phenoxy) is 2. The lowest BCUT2D eigenvalue weighted by atomic mass is 10.1. The van der Waals surface area contributed by atoms with Crippen LogP contribution in [-0.4, -0.2) is 45.4 Å². The second-order valence-electron chi connectivity index (χ2n) is 4.53. The molecule has 0 saturated carbocycles. The van der Waals surface area contributed by atoms with E-state index in [1.165, 1.54) is 0 Å². The molecule has 0 fully saturated rings. The van der Waals surface area contributed by atoms with Gasteiger partial charge in [0, 0.05) is 32.7 Å². The molecule has 5 nitrogen and oxygen atoms in total. The number of hydrogen-bond donors (Lipinski definition) is 2. The lowest BCUT2D eigenvalue weighted by Crippen LogP contribution is -2.25. The van der Waals surface area contributed by atoms with Gasteiger partial charge in [-0.3, -0.25) is 4.79 Å². The van der Waals surface area contributed by atoms with Gasteiger partial charge in [0.2, 0.25) is 5.91 Å². The number of hydrogen-bond acceptors (Lipinski definition) is 4. The van der Waals surface area contributed by atoms with Crippen molar-refractivity contribution in [3.63, 3.8) is 0 Å². The van der Waals surface area contributed by atoms with Gasteiger partial charge in [-0.05, 0) is 32.6 Å². The van der Waals surface area contributed by atoms with Crippen molar-refractivity contribution < 1.29 is 14.3 Å². The van der Waals surface area contributed by atoms with Gasteiger partial charge in [0.05, 0.1) is 13.2 Å². The molecule has 1 unspecified atom stereocenters. The highest BCUT2D eigenvalue weighted by atomic mass is 16.5. The van der Waals surface area contributed by atoms with Crippen molar-refractivity contribution >= 4 is 5.91 Å². The van der Waals surface area contributed by atoms with E-state index in [-0.39, 0.29) is 11.9 Å². The lowest BCUT2D eigenvalue weighted by molar-refractivity contribution is -0.121. The Morgan fingerprint density at radius 2 is 2.00 bits per heavy atom. The molecule has 0 radical (unpaired) electrons. The molecule has 0 saturated heterocycles. The maximum absolute atomic E-state index is 11.4. The molecule has 0 aromatic rings. The van der Waals surface area contributed by atoms with E-state index in [4.69, 9.17) is 15.2 Å². The number of methoxy groups -OCH3 is 1. The van der Waals surface area contributed by atoms with Crippen LogP contribution in [0.15, 0.2) is 0 Å². The second kappa shape index (κ2) is 12.8. The number of nitrogens with two attached hydrogens (primary N) is 1. The Morgan fingerprint density at radius 3 is 2.67 bits per heavy atom. The average Bonchev–Trinajstić information content (AvgIpc) is 2.32. The van der Waals surface area contributed by atoms with Gasteiger partial charge in [0.1, 0.15) is 0 Å². The summed E-state index contributed by atoms with van der Waals surface area (Å²) < 4.78 is 10.2. The van der Waals surface area contributed by atoms with E-state index in [1.54, 1.807) is 7.11 Å². The molecular formula is C13H28N2O3. The predicted molar refractivity (Wildman–Crippen MR) is 72.4 cm³/mol. The molecule has 0 spiro atoms. The Hall–Kier alpha value is -0.650. The van der Waals surface area contributed by atoms with Crippen molar-refractivity contribution in [3.05, 3.63) is 0 Å². The molecule has 0 aliphatic heterocycles. The normalized spacial score (nSPS) is 12.4. The van der Waals surface area contributed by atoms with Crippen LogP contribution >= 0.6 is 0 Å². The summed E-state index contributed by atoms with van der Waals surface area (Å²) >= 11 is 0. The molecule has 1 amide bonds. The molecule has 18 heavy (non-hydrogen) atoms. The maximum Gasteiger partial charge on any atom is 0.219 e. The SMILES string of the molecule is COCCOCCCCNC(=O)CCCC(C)N. The summed E-state index contributed by atoms with van der Waals surface area (Å²) in [5.74, 6) is 0.121. The van der Waals surface area contributed by atoms with Crippen molar-refractivity contribution in [2.45, 2.75) is 45.1 Å². The first kappa shape index (κ1) is 17.4. The largest absolute Gasteiger partial charge is 0.382 e. The topological polar surface area (TPSA) is 73.6 Å². The summed E-state index contributed by atoms with van der Waals surface area (Å²) in [5, 5.41) is 2.90. The fraction of sp³-hybridized carbons (Fsp3) is 0.923. The van der Waals surface area contributed by atoms with Crippen LogP contribution in [0.25, 0.3) is 0 Å². The van der Waals surface area contributed by atoms with Crippen molar-refractivity contribution in [2.24, 2.45) is 5.73 Å². The number of carbonyl (C=O) groups excluding carboxylic acids is 1. The highest BCUT2D eigenvalue weighted by Crippen LogP contribution is 1.98. The Bertz CT molecular complexity index is 199. The maximum atomic E-state index is 11.4. The highest BCUT2D eigenvalue weighted by molar-refractivity contribution is 5.75. The first-order chi connectivity index (χ1) is 8.66. The molecule has 1 atom stereocenters. The molecular weight excluding hydrogens is 232 g/mol. The zero-order valence-electron chi connectivity index (χ0n) is 11.7.